The molecule has 0 radical (unpaired) electrons. The molecule has 5 nitrogen and oxygen atoms in total. The molecule has 3 rings (SSSR count). The molecule has 120 valence electrons. The highest BCUT2D eigenvalue weighted by Gasteiger charge is 2.33. The van der Waals surface area contributed by atoms with Gasteiger partial charge >= 0.3 is 6.18 Å². The first-order valence-corrected chi connectivity index (χ1v) is 6.67. The second-order valence-corrected chi connectivity index (χ2v) is 5.00. The molecule has 0 unspecified atom stereocenters. The number of hydrogen-bond acceptors (Lipinski definition) is 4. The van der Waals surface area contributed by atoms with Gasteiger partial charge in [-0.15, -0.1) is 0 Å². The maximum atomic E-state index is 13.1. The van der Waals surface area contributed by atoms with Crippen LogP contribution >= 0.6 is 0 Å². The molecule has 0 spiro atoms. The average Bonchev–Trinajstić information content (AvgIpc) is 2.81. The monoisotopic (exact) mass is 323 g/mol. The van der Waals surface area contributed by atoms with Gasteiger partial charge < -0.3 is 10.2 Å². The summed E-state index contributed by atoms with van der Waals surface area (Å²) in [6.07, 6.45) is -4.89. The second-order valence-electron chi connectivity index (χ2n) is 5.00. The van der Waals surface area contributed by atoms with Crippen molar-refractivity contribution < 1.29 is 23.4 Å². The van der Waals surface area contributed by atoms with Crippen LogP contribution in [0.1, 0.15) is 23.1 Å². The van der Waals surface area contributed by atoms with Gasteiger partial charge in [0.15, 0.2) is 11.9 Å². The van der Waals surface area contributed by atoms with Crippen molar-refractivity contribution in [1.82, 2.24) is 14.6 Å². The molecule has 0 atom stereocenters. The van der Waals surface area contributed by atoms with E-state index in [4.69, 9.17) is 0 Å². The number of rotatable bonds is 2. The Morgan fingerprint density at radius 3 is 2.48 bits per heavy atom. The van der Waals surface area contributed by atoms with Crippen LogP contribution in [0.5, 0.6) is 0 Å². The Labute approximate surface area is 128 Å². The van der Waals surface area contributed by atoms with Crippen LogP contribution in [0, 0.1) is 6.92 Å². The number of benzene rings is 1. The molecule has 0 aliphatic heterocycles. The largest absolute Gasteiger partial charge is 0.417 e. The smallest absolute Gasteiger partial charge is 0.364 e. The number of aliphatic hydroxyl groups is 2. The number of fused-ring (bicyclic) bond motifs is 1. The van der Waals surface area contributed by atoms with Gasteiger partial charge in [-0.3, -0.25) is 0 Å². The fourth-order valence-electron chi connectivity index (χ4n) is 2.46. The summed E-state index contributed by atoms with van der Waals surface area (Å²) in [7, 11) is 0. The van der Waals surface area contributed by atoms with Crippen molar-refractivity contribution >= 4 is 5.65 Å². The van der Waals surface area contributed by atoms with Crippen LogP contribution in [0.2, 0.25) is 0 Å². The Morgan fingerprint density at radius 1 is 1.13 bits per heavy atom. The fourth-order valence-corrected chi connectivity index (χ4v) is 2.46. The first-order chi connectivity index (χ1) is 10.8. The zero-order valence-corrected chi connectivity index (χ0v) is 11.9. The molecule has 2 aromatic heterocycles. The van der Waals surface area contributed by atoms with Gasteiger partial charge in [0.2, 0.25) is 0 Å². The molecule has 1 aromatic carbocycles. The third kappa shape index (κ3) is 2.66. The third-order valence-corrected chi connectivity index (χ3v) is 3.47. The maximum absolute atomic E-state index is 13.1. The van der Waals surface area contributed by atoms with Crippen LogP contribution in [0.25, 0.3) is 16.9 Å². The van der Waals surface area contributed by atoms with Gasteiger partial charge in [-0.2, -0.15) is 18.3 Å². The summed E-state index contributed by atoms with van der Waals surface area (Å²) < 4.78 is 40.7. The highest BCUT2D eigenvalue weighted by atomic mass is 19.4. The van der Waals surface area contributed by atoms with Crippen molar-refractivity contribution in [2.45, 2.75) is 19.4 Å². The van der Waals surface area contributed by atoms with E-state index in [0.717, 1.165) is 6.07 Å². The van der Waals surface area contributed by atoms with Crippen molar-refractivity contribution in [3.63, 3.8) is 0 Å². The SMILES string of the molecule is Cc1nn2ccc(-c3ccccc3C(F)(F)F)nc2c1C(O)O. The molecule has 0 amide bonds. The second kappa shape index (κ2) is 5.32. The molecule has 3 aromatic rings. The number of aliphatic hydroxyl groups excluding tert-OH is 1. The molecule has 0 aliphatic rings. The number of aromatic nitrogens is 3. The molecule has 2 heterocycles. The zero-order chi connectivity index (χ0) is 16.8. The van der Waals surface area contributed by atoms with E-state index in [1.807, 2.05) is 0 Å². The van der Waals surface area contributed by atoms with E-state index in [9.17, 15) is 23.4 Å². The molecular formula is C15H12F3N3O2. The topological polar surface area (TPSA) is 70.7 Å². The number of halogens is 3. The van der Waals surface area contributed by atoms with Crippen molar-refractivity contribution in [1.29, 1.82) is 0 Å². The van der Waals surface area contributed by atoms with Gasteiger partial charge in [0.05, 0.1) is 22.5 Å². The van der Waals surface area contributed by atoms with Crippen LogP contribution in [0.4, 0.5) is 13.2 Å². The normalized spacial score (nSPS) is 12.3. The van der Waals surface area contributed by atoms with Gasteiger partial charge in [-0.05, 0) is 19.1 Å². The molecule has 2 N–H and O–H groups in total. The molecule has 0 bridgehead atoms. The Hall–Kier alpha value is -2.45. The molecular weight excluding hydrogens is 311 g/mol. The minimum atomic E-state index is -4.51. The van der Waals surface area contributed by atoms with Crippen LogP contribution in [-0.4, -0.2) is 24.8 Å². The third-order valence-electron chi connectivity index (χ3n) is 3.47. The average molecular weight is 323 g/mol. The maximum Gasteiger partial charge on any atom is 0.417 e. The van der Waals surface area contributed by atoms with E-state index in [0.29, 0.717) is 5.69 Å². The van der Waals surface area contributed by atoms with Crippen LogP contribution in [0.3, 0.4) is 0 Å². The summed E-state index contributed by atoms with van der Waals surface area (Å²) in [4.78, 5) is 4.14. The van der Waals surface area contributed by atoms with Gasteiger partial charge in [-0.25, -0.2) is 9.50 Å². The summed E-state index contributed by atoms with van der Waals surface area (Å²) in [6, 6.07) is 6.48. The Balaban J connectivity index is 2.25. The van der Waals surface area contributed by atoms with E-state index >= 15 is 0 Å². The number of nitrogens with zero attached hydrogens (tertiary/aromatic N) is 3. The molecule has 0 saturated heterocycles. The molecule has 0 fully saturated rings. The van der Waals surface area contributed by atoms with Crippen LogP contribution < -0.4 is 0 Å². The van der Waals surface area contributed by atoms with E-state index in [-0.39, 0.29) is 22.5 Å². The number of alkyl halides is 3. The van der Waals surface area contributed by atoms with E-state index in [2.05, 4.69) is 10.1 Å². The zero-order valence-electron chi connectivity index (χ0n) is 11.9. The number of aryl methyl sites for hydroxylation is 1. The van der Waals surface area contributed by atoms with Crippen LogP contribution in [0.15, 0.2) is 36.5 Å². The lowest BCUT2D eigenvalue weighted by atomic mass is 10.0. The summed E-state index contributed by atoms with van der Waals surface area (Å²) in [5, 5.41) is 22.9. The van der Waals surface area contributed by atoms with Crippen LogP contribution in [-0.2, 0) is 6.18 Å². The first kappa shape index (κ1) is 15.4. The van der Waals surface area contributed by atoms with Crippen molar-refractivity contribution in [2.24, 2.45) is 0 Å². The van der Waals surface area contributed by atoms with E-state index in [1.165, 1.54) is 35.0 Å². The van der Waals surface area contributed by atoms with Gasteiger partial charge in [-0.1, -0.05) is 18.2 Å². The van der Waals surface area contributed by atoms with E-state index in [1.54, 1.807) is 6.92 Å². The summed E-state index contributed by atoms with van der Waals surface area (Å²) in [5.41, 5.74) is -0.303. The summed E-state index contributed by atoms with van der Waals surface area (Å²) in [6.45, 7) is 1.56. The van der Waals surface area contributed by atoms with Gasteiger partial charge in [0.1, 0.15) is 0 Å². The predicted molar refractivity (Wildman–Crippen MR) is 75.3 cm³/mol. The predicted octanol–water partition coefficient (Wildman–Crippen LogP) is 2.71. The van der Waals surface area contributed by atoms with Crippen molar-refractivity contribution in [3.8, 4) is 11.3 Å². The molecule has 23 heavy (non-hydrogen) atoms. The van der Waals surface area contributed by atoms with Crippen molar-refractivity contribution in [2.75, 3.05) is 0 Å². The van der Waals surface area contributed by atoms with Gasteiger partial charge in [0, 0.05) is 11.8 Å². The Kier molecular flexibility index (Phi) is 3.57. The lowest BCUT2D eigenvalue weighted by Gasteiger charge is -2.12. The van der Waals surface area contributed by atoms with Gasteiger partial charge in [0.25, 0.3) is 0 Å². The minimum Gasteiger partial charge on any atom is -0.364 e. The lowest BCUT2D eigenvalue weighted by molar-refractivity contribution is -0.137. The molecule has 0 saturated carbocycles. The highest BCUT2D eigenvalue weighted by molar-refractivity contribution is 5.67. The first-order valence-electron chi connectivity index (χ1n) is 6.67. The fraction of sp³-hybridized carbons (Fsp3) is 0.200. The summed E-state index contributed by atoms with van der Waals surface area (Å²) >= 11 is 0. The Bertz CT molecular complexity index is 872. The molecule has 0 aliphatic carbocycles. The summed E-state index contributed by atoms with van der Waals surface area (Å²) in [5.74, 6) is 0. The standard InChI is InChI=1S/C15H12F3N3O2/c1-8-12(14(22)23)13-19-11(6-7-21(13)20-8)9-4-2-3-5-10(9)15(16,17)18/h2-7,14,22-23H,1H3. The highest BCUT2D eigenvalue weighted by Crippen LogP contribution is 2.36. The quantitative estimate of drug-likeness (QED) is 0.712. The van der Waals surface area contributed by atoms with Crippen molar-refractivity contribution in [3.05, 3.63) is 53.3 Å². The Morgan fingerprint density at radius 2 is 1.83 bits per heavy atom. The number of hydrogen-bond donors (Lipinski definition) is 2. The van der Waals surface area contributed by atoms with E-state index < -0.39 is 18.0 Å². The molecule has 8 heteroatoms. The minimum absolute atomic E-state index is 0.0661. The lowest BCUT2D eigenvalue weighted by Crippen LogP contribution is -2.07.